The van der Waals surface area contributed by atoms with Gasteiger partial charge in [-0.3, -0.25) is 4.79 Å². The molecule has 4 heteroatoms. The number of carbonyl (C=O) groups is 1. The molecular formula is C11H22N2O2. The van der Waals surface area contributed by atoms with E-state index in [1.165, 1.54) is 4.90 Å². The van der Waals surface area contributed by atoms with Crippen LogP contribution in [-0.2, 0) is 4.79 Å². The summed E-state index contributed by atoms with van der Waals surface area (Å²) in [6.07, 6.45) is 2.07. The summed E-state index contributed by atoms with van der Waals surface area (Å²) in [5, 5.41) is 9.62. The Morgan fingerprint density at radius 2 is 1.93 bits per heavy atom. The Morgan fingerprint density at radius 1 is 1.47 bits per heavy atom. The van der Waals surface area contributed by atoms with Crippen LogP contribution < -0.4 is 5.73 Å². The quantitative estimate of drug-likeness (QED) is 0.709. The van der Waals surface area contributed by atoms with E-state index in [-0.39, 0.29) is 5.91 Å². The topological polar surface area (TPSA) is 66.6 Å². The molecule has 1 atom stereocenters. The first-order valence-corrected chi connectivity index (χ1v) is 5.41. The fourth-order valence-electron chi connectivity index (χ4n) is 1.92. The molecule has 0 aliphatic heterocycles. The lowest BCUT2D eigenvalue weighted by Gasteiger charge is -2.32. The summed E-state index contributed by atoms with van der Waals surface area (Å²) >= 11 is 0. The number of rotatable bonds is 4. The number of hydrogen-bond acceptors (Lipinski definition) is 3. The molecule has 0 aromatic heterocycles. The van der Waals surface area contributed by atoms with Crippen molar-refractivity contribution in [3.05, 3.63) is 0 Å². The Morgan fingerprint density at radius 3 is 2.27 bits per heavy atom. The largest absolute Gasteiger partial charge is 0.389 e. The van der Waals surface area contributed by atoms with Crippen LogP contribution >= 0.6 is 0 Å². The second-order valence-electron chi connectivity index (χ2n) is 5.53. The zero-order valence-corrected chi connectivity index (χ0v) is 10.1. The van der Waals surface area contributed by atoms with Crippen molar-refractivity contribution in [3.63, 3.8) is 0 Å². The van der Waals surface area contributed by atoms with Gasteiger partial charge in [-0.25, -0.2) is 0 Å². The maximum atomic E-state index is 12.0. The van der Waals surface area contributed by atoms with Crippen molar-refractivity contribution in [1.82, 2.24) is 4.90 Å². The van der Waals surface area contributed by atoms with Gasteiger partial charge in [-0.15, -0.1) is 0 Å². The van der Waals surface area contributed by atoms with E-state index >= 15 is 0 Å². The lowest BCUT2D eigenvalue weighted by Crippen LogP contribution is -2.56. The minimum atomic E-state index is -0.871. The van der Waals surface area contributed by atoms with E-state index in [2.05, 4.69) is 0 Å². The molecule has 1 aliphatic carbocycles. The molecule has 1 rings (SSSR count). The molecule has 1 fully saturated rings. The van der Waals surface area contributed by atoms with Crippen LogP contribution in [0.3, 0.4) is 0 Å². The highest BCUT2D eigenvalue weighted by molar-refractivity contribution is 5.86. The lowest BCUT2D eigenvalue weighted by atomic mass is 9.95. The van der Waals surface area contributed by atoms with Gasteiger partial charge >= 0.3 is 0 Å². The average molecular weight is 214 g/mol. The van der Waals surface area contributed by atoms with Crippen LogP contribution in [0.1, 0.15) is 33.6 Å². The van der Waals surface area contributed by atoms with Gasteiger partial charge in [0.2, 0.25) is 5.91 Å². The molecule has 1 aliphatic rings. The third-order valence-corrected chi connectivity index (χ3v) is 2.86. The van der Waals surface area contributed by atoms with Gasteiger partial charge in [-0.1, -0.05) is 0 Å². The van der Waals surface area contributed by atoms with Gasteiger partial charge in [-0.2, -0.15) is 0 Å². The van der Waals surface area contributed by atoms with Crippen molar-refractivity contribution in [1.29, 1.82) is 0 Å². The smallest absolute Gasteiger partial charge is 0.242 e. The van der Waals surface area contributed by atoms with Gasteiger partial charge < -0.3 is 15.7 Å². The number of nitrogens with two attached hydrogens (primary N) is 1. The molecule has 0 heterocycles. The van der Waals surface area contributed by atoms with Gasteiger partial charge in [0, 0.05) is 13.6 Å². The Labute approximate surface area is 91.4 Å². The van der Waals surface area contributed by atoms with Crippen LogP contribution in [0.5, 0.6) is 0 Å². The molecule has 88 valence electrons. The molecule has 0 spiro atoms. The van der Waals surface area contributed by atoms with Crippen LogP contribution in [0.2, 0.25) is 0 Å². The molecule has 15 heavy (non-hydrogen) atoms. The number of nitrogens with zero attached hydrogens (tertiary/aromatic N) is 1. The first-order chi connectivity index (χ1) is 6.64. The van der Waals surface area contributed by atoms with Crippen molar-refractivity contribution in [2.75, 3.05) is 13.6 Å². The predicted molar refractivity (Wildman–Crippen MR) is 59.3 cm³/mol. The Hall–Kier alpha value is -0.610. The number of hydrogen-bond donors (Lipinski definition) is 2. The fraction of sp³-hybridized carbons (Fsp3) is 0.909. The van der Waals surface area contributed by atoms with E-state index in [1.54, 1.807) is 27.8 Å². The number of carbonyl (C=O) groups excluding carboxylic acids is 1. The summed E-state index contributed by atoms with van der Waals surface area (Å²) in [5.74, 6) is 0.237. The van der Waals surface area contributed by atoms with E-state index in [0.29, 0.717) is 12.5 Å². The van der Waals surface area contributed by atoms with Crippen LogP contribution in [-0.4, -0.2) is 40.6 Å². The maximum absolute atomic E-state index is 12.0. The van der Waals surface area contributed by atoms with Crippen molar-refractivity contribution in [2.45, 2.75) is 44.8 Å². The second kappa shape index (κ2) is 3.76. The zero-order chi connectivity index (χ0) is 11.9. The fourth-order valence-corrected chi connectivity index (χ4v) is 1.92. The average Bonchev–Trinajstić information content (AvgIpc) is 2.81. The Balaban J connectivity index is 2.59. The minimum absolute atomic E-state index is 0.0767. The van der Waals surface area contributed by atoms with E-state index in [1.807, 2.05) is 0 Å². The standard InChI is InChI=1S/C11H22N2O2/c1-10(2,15)7-13(4)9(14)11(3,12)8-5-6-8/h8,15H,5-7,12H2,1-4H3. The van der Waals surface area contributed by atoms with Gasteiger partial charge in [0.1, 0.15) is 0 Å². The molecule has 1 unspecified atom stereocenters. The molecule has 3 N–H and O–H groups in total. The van der Waals surface area contributed by atoms with E-state index in [0.717, 1.165) is 12.8 Å². The SMILES string of the molecule is CN(CC(C)(C)O)C(=O)C(C)(N)C1CC1. The number of likely N-dealkylation sites (N-methyl/N-ethyl adjacent to an activating group) is 1. The summed E-state index contributed by atoms with van der Waals surface area (Å²) in [6.45, 7) is 5.46. The summed E-state index contributed by atoms with van der Waals surface area (Å²) in [4.78, 5) is 13.5. The van der Waals surface area contributed by atoms with Gasteiger partial charge in [0.25, 0.3) is 0 Å². The van der Waals surface area contributed by atoms with Crippen LogP contribution in [0, 0.1) is 5.92 Å². The Bertz CT molecular complexity index is 252. The molecule has 1 saturated carbocycles. The summed E-state index contributed by atoms with van der Waals surface area (Å²) in [6, 6.07) is 0. The highest BCUT2D eigenvalue weighted by Crippen LogP contribution is 2.38. The lowest BCUT2D eigenvalue weighted by molar-refractivity contribution is -0.138. The molecule has 1 amide bonds. The van der Waals surface area contributed by atoms with Crippen LogP contribution in [0.15, 0.2) is 0 Å². The monoisotopic (exact) mass is 214 g/mol. The normalized spacial score (nSPS) is 20.9. The van der Waals surface area contributed by atoms with Crippen molar-refractivity contribution in [3.8, 4) is 0 Å². The first-order valence-electron chi connectivity index (χ1n) is 5.41. The van der Waals surface area contributed by atoms with Crippen LogP contribution in [0.25, 0.3) is 0 Å². The van der Waals surface area contributed by atoms with Gasteiger partial charge in [0.15, 0.2) is 0 Å². The van der Waals surface area contributed by atoms with E-state index < -0.39 is 11.1 Å². The van der Waals surface area contributed by atoms with Gasteiger partial charge in [-0.05, 0) is 39.5 Å². The number of aliphatic hydroxyl groups is 1. The van der Waals surface area contributed by atoms with E-state index in [9.17, 15) is 9.90 Å². The molecule has 4 nitrogen and oxygen atoms in total. The predicted octanol–water partition coefficient (Wildman–Crippen LogP) is 0.343. The van der Waals surface area contributed by atoms with Crippen molar-refractivity contribution in [2.24, 2.45) is 11.7 Å². The summed E-state index contributed by atoms with van der Waals surface area (Å²) in [7, 11) is 1.69. The maximum Gasteiger partial charge on any atom is 0.242 e. The zero-order valence-electron chi connectivity index (χ0n) is 10.1. The highest BCUT2D eigenvalue weighted by atomic mass is 16.3. The molecule has 0 aromatic carbocycles. The van der Waals surface area contributed by atoms with Gasteiger partial charge in [0.05, 0.1) is 11.1 Å². The molecule has 0 saturated heterocycles. The van der Waals surface area contributed by atoms with Crippen molar-refractivity contribution >= 4 is 5.91 Å². The molecule has 0 aromatic rings. The van der Waals surface area contributed by atoms with E-state index in [4.69, 9.17) is 5.73 Å². The third-order valence-electron chi connectivity index (χ3n) is 2.86. The second-order valence-corrected chi connectivity index (χ2v) is 5.53. The van der Waals surface area contributed by atoms with Crippen molar-refractivity contribution < 1.29 is 9.90 Å². The Kier molecular flexibility index (Phi) is 3.12. The molecule has 0 radical (unpaired) electrons. The summed E-state index contributed by atoms with van der Waals surface area (Å²) < 4.78 is 0. The van der Waals surface area contributed by atoms with Crippen LogP contribution in [0.4, 0.5) is 0 Å². The highest BCUT2D eigenvalue weighted by Gasteiger charge is 2.45. The third kappa shape index (κ3) is 3.18. The first kappa shape index (κ1) is 12.5. The summed E-state index contributed by atoms with van der Waals surface area (Å²) in [5.41, 5.74) is 4.38. The molecular weight excluding hydrogens is 192 g/mol. The molecule has 0 bridgehead atoms. The number of amides is 1. The minimum Gasteiger partial charge on any atom is -0.389 e.